The van der Waals surface area contributed by atoms with E-state index in [-0.39, 0.29) is 25.1 Å². The average Bonchev–Trinajstić information content (AvgIpc) is 3.25. The molecule has 162 valence electrons. The topological polar surface area (TPSA) is 87.3 Å². The van der Waals surface area contributed by atoms with Crippen LogP contribution in [0, 0.1) is 0 Å². The highest BCUT2D eigenvalue weighted by molar-refractivity contribution is 7.90. The van der Waals surface area contributed by atoms with Crippen molar-refractivity contribution in [3.63, 3.8) is 0 Å². The summed E-state index contributed by atoms with van der Waals surface area (Å²) in [5.41, 5.74) is 5.43. The first-order valence-corrected chi connectivity index (χ1v) is 11.6. The van der Waals surface area contributed by atoms with Crippen molar-refractivity contribution in [3.05, 3.63) is 28.3 Å². The lowest BCUT2D eigenvalue weighted by atomic mass is 9.99. The van der Waals surface area contributed by atoms with Gasteiger partial charge in [0, 0.05) is 5.69 Å². The van der Waals surface area contributed by atoms with E-state index in [0.29, 0.717) is 0 Å². The normalized spacial score (nSPS) is 15.8. The van der Waals surface area contributed by atoms with Crippen LogP contribution in [-0.2, 0) is 35.7 Å². The van der Waals surface area contributed by atoms with Crippen molar-refractivity contribution in [3.8, 4) is 0 Å². The molecule has 3 rings (SSSR count). The predicted molar refractivity (Wildman–Crippen MR) is 105 cm³/mol. The lowest BCUT2D eigenvalue weighted by molar-refractivity contribution is -0.124. The summed E-state index contributed by atoms with van der Waals surface area (Å²) < 4.78 is 62.3. The van der Waals surface area contributed by atoms with Crippen molar-refractivity contribution < 1.29 is 26.4 Å². The summed E-state index contributed by atoms with van der Waals surface area (Å²) in [6, 6.07) is 1.44. The largest absolute Gasteiger partial charge is 0.401 e. The molecule has 2 aliphatic carbocycles. The van der Waals surface area contributed by atoms with Gasteiger partial charge in [-0.25, -0.2) is 17.9 Å². The second-order valence-corrected chi connectivity index (χ2v) is 9.45. The number of unbranched alkanes of at least 4 members (excludes halogenated alkanes) is 1. The molecular formula is C19H26F3N3O3S. The molecule has 1 aromatic rings. The van der Waals surface area contributed by atoms with E-state index in [4.69, 9.17) is 0 Å². The predicted octanol–water partition coefficient (Wildman–Crippen LogP) is 3.05. The third-order valence-electron chi connectivity index (χ3n) is 5.30. The van der Waals surface area contributed by atoms with Crippen molar-refractivity contribution in [2.24, 2.45) is 0 Å². The number of aryl methyl sites for hydroxylation is 2. The Balaban J connectivity index is 1.51. The summed E-state index contributed by atoms with van der Waals surface area (Å²) in [5.74, 6) is -0.320. The Morgan fingerprint density at radius 2 is 1.62 bits per heavy atom. The second kappa shape index (κ2) is 8.91. The minimum Gasteiger partial charge on any atom is -0.309 e. The maximum absolute atomic E-state index is 12.3. The van der Waals surface area contributed by atoms with Gasteiger partial charge in [-0.3, -0.25) is 0 Å². The summed E-state index contributed by atoms with van der Waals surface area (Å²) in [6.45, 7) is -1.05. The Labute approximate surface area is 168 Å². The minimum absolute atomic E-state index is 0.0590. The van der Waals surface area contributed by atoms with E-state index in [9.17, 15) is 26.4 Å². The SMILES string of the molecule is O=C(Nc1c2c(cc3c1CCC3)CCC2)NS(=O)(=O)CCCCNCC(F)(F)F. The van der Waals surface area contributed by atoms with Crippen LogP contribution in [-0.4, -0.2) is 39.5 Å². The molecule has 0 heterocycles. The maximum atomic E-state index is 12.3. The van der Waals surface area contributed by atoms with Gasteiger partial charge < -0.3 is 10.6 Å². The zero-order valence-electron chi connectivity index (χ0n) is 16.1. The number of alkyl halides is 3. The van der Waals surface area contributed by atoms with Crippen LogP contribution in [0.15, 0.2) is 6.07 Å². The van der Waals surface area contributed by atoms with Crippen molar-refractivity contribution in [2.45, 2.75) is 57.5 Å². The van der Waals surface area contributed by atoms with Gasteiger partial charge in [0.05, 0.1) is 12.3 Å². The summed E-state index contributed by atoms with van der Waals surface area (Å²) in [7, 11) is -3.86. The molecule has 1 aromatic carbocycles. The van der Waals surface area contributed by atoms with E-state index < -0.39 is 28.8 Å². The van der Waals surface area contributed by atoms with Gasteiger partial charge in [0.25, 0.3) is 0 Å². The van der Waals surface area contributed by atoms with Crippen LogP contribution >= 0.6 is 0 Å². The molecule has 0 fully saturated rings. The molecule has 0 aromatic heterocycles. The van der Waals surface area contributed by atoms with Gasteiger partial charge in [-0.2, -0.15) is 13.2 Å². The highest BCUT2D eigenvalue weighted by Crippen LogP contribution is 2.38. The third-order valence-corrected chi connectivity index (χ3v) is 6.62. The van der Waals surface area contributed by atoms with Crippen LogP contribution in [0.3, 0.4) is 0 Å². The Bertz CT molecular complexity index is 837. The number of amides is 2. The first-order valence-electron chi connectivity index (χ1n) is 9.90. The van der Waals surface area contributed by atoms with Gasteiger partial charge >= 0.3 is 12.2 Å². The molecule has 0 radical (unpaired) electrons. The van der Waals surface area contributed by atoms with Gasteiger partial charge in [-0.1, -0.05) is 6.07 Å². The molecule has 3 N–H and O–H groups in total. The number of anilines is 1. The molecule has 2 aliphatic rings. The molecular weight excluding hydrogens is 407 g/mol. The Morgan fingerprint density at radius 3 is 2.21 bits per heavy atom. The van der Waals surface area contributed by atoms with Crippen LogP contribution in [0.5, 0.6) is 0 Å². The fourth-order valence-electron chi connectivity index (χ4n) is 4.07. The van der Waals surface area contributed by atoms with E-state index in [2.05, 4.69) is 16.7 Å². The van der Waals surface area contributed by atoms with Crippen molar-refractivity contribution in [1.29, 1.82) is 0 Å². The van der Waals surface area contributed by atoms with E-state index in [1.54, 1.807) is 0 Å². The van der Waals surface area contributed by atoms with Crippen LogP contribution in [0.25, 0.3) is 0 Å². The van der Waals surface area contributed by atoms with Gasteiger partial charge in [0.15, 0.2) is 0 Å². The van der Waals surface area contributed by atoms with Crippen LogP contribution in [0.2, 0.25) is 0 Å². The number of carbonyl (C=O) groups excluding carboxylic acids is 1. The van der Waals surface area contributed by atoms with Gasteiger partial charge in [0.1, 0.15) is 0 Å². The molecule has 0 atom stereocenters. The maximum Gasteiger partial charge on any atom is 0.401 e. The van der Waals surface area contributed by atoms with E-state index in [1.165, 1.54) is 11.1 Å². The number of nitrogens with one attached hydrogen (secondary N) is 3. The number of carbonyl (C=O) groups is 1. The monoisotopic (exact) mass is 433 g/mol. The number of benzene rings is 1. The van der Waals surface area contributed by atoms with Crippen LogP contribution in [0.4, 0.5) is 23.7 Å². The molecule has 0 saturated heterocycles. The first-order chi connectivity index (χ1) is 13.6. The number of halogens is 3. The molecule has 0 aliphatic heterocycles. The number of fused-ring (bicyclic) bond motifs is 2. The number of hydrogen-bond acceptors (Lipinski definition) is 4. The van der Waals surface area contributed by atoms with E-state index in [0.717, 1.165) is 55.3 Å². The molecule has 0 spiro atoms. The van der Waals surface area contributed by atoms with Crippen molar-refractivity contribution >= 4 is 21.7 Å². The van der Waals surface area contributed by atoms with Gasteiger partial charge in [-0.05, 0) is 80.2 Å². The highest BCUT2D eigenvalue weighted by atomic mass is 32.2. The number of sulfonamides is 1. The highest BCUT2D eigenvalue weighted by Gasteiger charge is 2.27. The van der Waals surface area contributed by atoms with E-state index in [1.807, 2.05) is 4.72 Å². The van der Waals surface area contributed by atoms with Crippen LogP contribution in [0.1, 0.15) is 47.9 Å². The lowest BCUT2D eigenvalue weighted by Gasteiger charge is -2.16. The zero-order valence-corrected chi connectivity index (χ0v) is 16.9. The molecule has 29 heavy (non-hydrogen) atoms. The Morgan fingerprint density at radius 1 is 1.00 bits per heavy atom. The summed E-state index contributed by atoms with van der Waals surface area (Å²) in [6.07, 6.45) is 1.86. The quantitative estimate of drug-likeness (QED) is 0.550. The molecule has 0 bridgehead atoms. The average molecular weight is 433 g/mol. The van der Waals surface area contributed by atoms with E-state index >= 15 is 0 Å². The standard InChI is InChI=1S/C19H26F3N3O3S/c20-19(21,22)12-23-9-1-2-10-29(27,28)25-18(26)24-17-15-7-3-5-13(15)11-14-6-4-8-16(14)17/h11,23H,1-10,12H2,(H2,24,25,26). The fourth-order valence-corrected chi connectivity index (χ4v) is 5.09. The third kappa shape index (κ3) is 6.08. The smallest absolute Gasteiger partial charge is 0.309 e. The van der Waals surface area contributed by atoms with Crippen LogP contribution < -0.4 is 15.4 Å². The summed E-state index contributed by atoms with van der Waals surface area (Å²) in [4.78, 5) is 12.3. The number of rotatable bonds is 8. The van der Waals surface area contributed by atoms with Crippen molar-refractivity contribution in [1.82, 2.24) is 10.0 Å². The molecule has 2 amide bonds. The number of hydrogen-bond donors (Lipinski definition) is 3. The summed E-state index contributed by atoms with van der Waals surface area (Å²) >= 11 is 0. The Hall–Kier alpha value is -1.81. The summed E-state index contributed by atoms with van der Waals surface area (Å²) in [5, 5.41) is 4.97. The molecule has 10 heteroatoms. The molecule has 0 saturated carbocycles. The number of urea groups is 1. The molecule has 0 unspecified atom stereocenters. The van der Waals surface area contributed by atoms with Gasteiger partial charge in [0.2, 0.25) is 10.0 Å². The zero-order chi connectivity index (χ0) is 21.1. The molecule has 6 nitrogen and oxygen atoms in total. The van der Waals surface area contributed by atoms with Gasteiger partial charge in [-0.15, -0.1) is 0 Å². The Kier molecular flexibility index (Phi) is 6.72. The van der Waals surface area contributed by atoms with Crippen molar-refractivity contribution in [2.75, 3.05) is 24.2 Å². The lowest BCUT2D eigenvalue weighted by Crippen LogP contribution is -2.36. The first kappa shape index (κ1) is 21.9. The minimum atomic E-state index is -4.29. The fraction of sp³-hybridized carbons (Fsp3) is 0.632. The second-order valence-electron chi connectivity index (χ2n) is 7.61.